The molecule has 0 aliphatic rings. The molecular weight excluding hydrogens is 400 g/mol. The number of benzene rings is 2. The number of nitrogens with zero attached hydrogens (tertiary/aromatic N) is 4. The Labute approximate surface area is 178 Å². The predicted octanol–water partition coefficient (Wildman–Crippen LogP) is 4.88. The highest BCUT2D eigenvalue weighted by atomic mass is 32.2. The highest BCUT2D eigenvalue weighted by Crippen LogP contribution is 2.29. The van der Waals surface area contributed by atoms with E-state index in [1.54, 1.807) is 35.6 Å². The van der Waals surface area contributed by atoms with Crippen LogP contribution in [0.1, 0.15) is 12.0 Å². The minimum absolute atomic E-state index is 0.0755. The van der Waals surface area contributed by atoms with Crippen LogP contribution in [-0.4, -0.2) is 33.2 Å². The average Bonchev–Trinajstić information content (AvgIpc) is 3.41. The summed E-state index contributed by atoms with van der Waals surface area (Å²) in [5, 5.41) is 0.766. The molecule has 0 unspecified atom stereocenters. The average molecular weight is 423 g/mol. The number of carbonyl (C=O) groups is 1. The van der Waals surface area contributed by atoms with Crippen molar-refractivity contribution in [1.82, 2.24) is 14.5 Å². The number of rotatable bonds is 8. The van der Waals surface area contributed by atoms with Gasteiger partial charge in [-0.2, -0.15) is 0 Å². The van der Waals surface area contributed by atoms with Crippen molar-refractivity contribution in [2.24, 2.45) is 0 Å². The third kappa shape index (κ3) is 4.86. The molecule has 0 atom stereocenters. The molecule has 0 spiro atoms. The highest BCUT2D eigenvalue weighted by Gasteiger charge is 2.20. The van der Waals surface area contributed by atoms with Gasteiger partial charge in [0.2, 0.25) is 5.91 Å². The van der Waals surface area contributed by atoms with E-state index in [1.807, 2.05) is 52.1 Å². The van der Waals surface area contributed by atoms with Crippen molar-refractivity contribution in [2.45, 2.75) is 24.3 Å². The number of hydrogen-bond donors (Lipinski definition) is 0. The Morgan fingerprint density at radius 1 is 1.17 bits per heavy atom. The number of thioether (sulfide) groups is 1. The Hall–Kier alpha value is -2.64. The van der Waals surface area contributed by atoms with Gasteiger partial charge in [0.1, 0.15) is 0 Å². The zero-order valence-electron chi connectivity index (χ0n) is 16.2. The topological polar surface area (TPSA) is 51.0 Å². The Morgan fingerprint density at radius 3 is 2.72 bits per heavy atom. The normalized spacial score (nSPS) is 11.1. The summed E-state index contributed by atoms with van der Waals surface area (Å²) in [5.41, 5.74) is 1.96. The molecule has 2 aromatic heterocycles. The van der Waals surface area contributed by atoms with Gasteiger partial charge in [0, 0.05) is 30.4 Å². The first-order chi connectivity index (χ1) is 14.2. The van der Waals surface area contributed by atoms with E-state index in [0.717, 1.165) is 33.9 Å². The van der Waals surface area contributed by atoms with Gasteiger partial charge in [-0.25, -0.2) is 9.97 Å². The van der Waals surface area contributed by atoms with Gasteiger partial charge in [-0.05, 0) is 42.5 Å². The van der Waals surface area contributed by atoms with Crippen molar-refractivity contribution in [3.8, 4) is 0 Å². The van der Waals surface area contributed by atoms with Gasteiger partial charge in [0.25, 0.3) is 0 Å². The Bertz CT molecular complexity index is 1040. The number of aryl methyl sites for hydroxylation is 1. The number of amides is 1. The van der Waals surface area contributed by atoms with Gasteiger partial charge >= 0.3 is 0 Å². The summed E-state index contributed by atoms with van der Waals surface area (Å²) in [4.78, 5) is 25.0. The summed E-state index contributed by atoms with van der Waals surface area (Å²) in [6.45, 7) is 1.44. The van der Waals surface area contributed by atoms with Crippen molar-refractivity contribution in [3.05, 3.63) is 72.8 Å². The van der Waals surface area contributed by atoms with Crippen LogP contribution in [0.25, 0.3) is 10.2 Å². The van der Waals surface area contributed by atoms with Crippen LogP contribution in [0.15, 0.2) is 72.1 Å². The lowest BCUT2D eigenvalue weighted by Crippen LogP contribution is -2.33. The quantitative estimate of drug-likeness (QED) is 0.380. The molecule has 7 heteroatoms. The molecule has 5 nitrogen and oxygen atoms in total. The summed E-state index contributed by atoms with van der Waals surface area (Å²) in [6, 6.07) is 16.2. The summed E-state index contributed by atoms with van der Waals surface area (Å²) in [6.07, 6.45) is 8.78. The fraction of sp³-hybridized carbons (Fsp3) is 0.227. The maximum atomic E-state index is 13.2. The molecule has 29 heavy (non-hydrogen) atoms. The van der Waals surface area contributed by atoms with Crippen molar-refractivity contribution in [3.63, 3.8) is 0 Å². The van der Waals surface area contributed by atoms with Gasteiger partial charge in [-0.1, -0.05) is 35.6 Å². The first-order valence-corrected chi connectivity index (χ1v) is 11.5. The maximum absolute atomic E-state index is 13.2. The van der Waals surface area contributed by atoms with Gasteiger partial charge in [-0.15, -0.1) is 11.8 Å². The zero-order valence-corrected chi connectivity index (χ0v) is 17.8. The summed E-state index contributed by atoms with van der Waals surface area (Å²) >= 11 is 3.27. The standard InChI is InChI=1S/C22H22N4OS2/c1-28-18-9-7-17(8-10-18)15-21(27)26(13-4-12-25-14-11-23-16-25)22-24-19-5-2-3-6-20(19)29-22/h2-3,5-11,14,16H,4,12-13,15H2,1H3. The second-order valence-corrected chi connectivity index (χ2v) is 8.58. The molecule has 0 radical (unpaired) electrons. The van der Waals surface area contributed by atoms with E-state index < -0.39 is 0 Å². The smallest absolute Gasteiger partial charge is 0.233 e. The van der Waals surface area contributed by atoms with Crippen LogP contribution in [0, 0.1) is 0 Å². The largest absolute Gasteiger partial charge is 0.337 e. The lowest BCUT2D eigenvalue weighted by atomic mass is 10.1. The lowest BCUT2D eigenvalue weighted by molar-refractivity contribution is -0.118. The fourth-order valence-corrected chi connectivity index (χ4v) is 4.56. The molecule has 0 saturated heterocycles. The molecule has 2 heterocycles. The van der Waals surface area contributed by atoms with Crippen molar-refractivity contribution >= 4 is 44.4 Å². The van der Waals surface area contributed by atoms with E-state index in [9.17, 15) is 4.79 Å². The molecular formula is C22H22N4OS2. The van der Waals surface area contributed by atoms with E-state index in [2.05, 4.69) is 23.4 Å². The van der Waals surface area contributed by atoms with E-state index in [4.69, 9.17) is 4.98 Å². The number of thiazole rings is 1. The van der Waals surface area contributed by atoms with Crippen LogP contribution >= 0.6 is 23.1 Å². The van der Waals surface area contributed by atoms with Crippen molar-refractivity contribution in [2.75, 3.05) is 17.7 Å². The predicted molar refractivity (Wildman–Crippen MR) is 121 cm³/mol. The fourth-order valence-electron chi connectivity index (χ4n) is 3.15. The number of para-hydroxylation sites is 1. The molecule has 148 valence electrons. The van der Waals surface area contributed by atoms with Crippen LogP contribution in [0.4, 0.5) is 5.13 Å². The molecule has 4 aromatic rings. The lowest BCUT2D eigenvalue weighted by Gasteiger charge is -2.20. The van der Waals surface area contributed by atoms with Crippen molar-refractivity contribution < 1.29 is 4.79 Å². The second-order valence-electron chi connectivity index (χ2n) is 6.69. The Balaban J connectivity index is 1.53. The zero-order chi connectivity index (χ0) is 20.1. The Morgan fingerprint density at radius 2 is 2.00 bits per heavy atom. The number of fused-ring (bicyclic) bond motifs is 1. The number of imidazole rings is 1. The monoisotopic (exact) mass is 422 g/mol. The molecule has 0 aliphatic heterocycles. The molecule has 0 saturated carbocycles. The van der Waals surface area contributed by atoms with Crippen LogP contribution < -0.4 is 4.90 Å². The molecule has 0 fully saturated rings. The summed E-state index contributed by atoms with van der Waals surface area (Å²) < 4.78 is 3.13. The molecule has 0 N–H and O–H groups in total. The Kier molecular flexibility index (Phi) is 6.27. The third-order valence-corrected chi connectivity index (χ3v) is 6.49. The molecule has 0 bridgehead atoms. The van der Waals surface area contributed by atoms with Crippen molar-refractivity contribution in [1.29, 1.82) is 0 Å². The van der Waals surface area contributed by atoms with Crippen LogP contribution in [0.5, 0.6) is 0 Å². The van der Waals surface area contributed by atoms with E-state index in [-0.39, 0.29) is 5.91 Å². The number of aromatic nitrogens is 3. The SMILES string of the molecule is CSc1ccc(CC(=O)N(CCCn2ccnc2)c2nc3ccccc3s2)cc1. The maximum Gasteiger partial charge on any atom is 0.233 e. The van der Waals surface area contributed by atoms with Gasteiger partial charge in [0.05, 0.1) is 23.0 Å². The van der Waals surface area contributed by atoms with E-state index in [0.29, 0.717) is 13.0 Å². The minimum atomic E-state index is 0.0755. The molecule has 2 aromatic carbocycles. The number of carbonyl (C=O) groups excluding carboxylic acids is 1. The van der Waals surface area contributed by atoms with Gasteiger partial charge in [0.15, 0.2) is 5.13 Å². The third-order valence-electron chi connectivity index (χ3n) is 4.69. The summed E-state index contributed by atoms with van der Waals surface area (Å²) in [7, 11) is 0. The first-order valence-electron chi connectivity index (χ1n) is 9.47. The van der Waals surface area contributed by atoms with E-state index >= 15 is 0 Å². The van der Waals surface area contributed by atoms with Gasteiger partial charge < -0.3 is 4.57 Å². The van der Waals surface area contributed by atoms with Crippen LogP contribution in [0.3, 0.4) is 0 Å². The molecule has 0 aliphatic carbocycles. The first kappa shape index (κ1) is 19.7. The molecule has 4 rings (SSSR count). The van der Waals surface area contributed by atoms with E-state index in [1.165, 1.54) is 4.90 Å². The van der Waals surface area contributed by atoms with Crippen LogP contribution in [-0.2, 0) is 17.8 Å². The summed E-state index contributed by atoms with van der Waals surface area (Å²) in [5.74, 6) is 0.0755. The van der Waals surface area contributed by atoms with Crippen LogP contribution in [0.2, 0.25) is 0 Å². The minimum Gasteiger partial charge on any atom is -0.337 e. The molecule has 1 amide bonds. The second kappa shape index (κ2) is 9.24. The highest BCUT2D eigenvalue weighted by molar-refractivity contribution is 7.98. The van der Waals surface area contributed by atoms with Gasteiger partial charge in [-0.3, -0.25) is 9.69 Å². The number of anilines is 1. The number of hydrogen-bond acceptors (Lipinski definition) is 5.